The highest BCUT2D eigenvalue weighted by molar-refractivity contribution is 5.12. The minimum absolute atomic E-state index is 0.190. The van der Waals surface area contributed by atoms with Crippen molar-refractivity contribution in [1.29, 1.82) is 0 Å². The summed E-state index contributed by atoms with van der Waals surface area (Å²) in [5, 5.41) is 10.2. The van der Waals surface area contributed by atoms with Gasteiger partial charge in [-0.25, -0.2) is 0 Å². The maximum atomic E-state index is 5.28. The Balaban J connectivity index is 2.59. The van der Waals surface area contributed by atoms with Gasteiger partial charge < -0.3 is 5.73 Å². The number of terminal acetylenes is 1. The highest BCUT2D eigenvalue weighted by Gasteiger charge is 1.95. The van der Waals surface area contributed by atoms with Crippen molar-refractivity contribution in [3.63, 3.8) is 0 Å². The van der Waals surface area contributed by atoms with Gasteiger partial charge in [0.25, 0.3) is 5.95 Å². The maximum absolute atomic E-state index is 5.28. The molecule has 0 unspecified atom stereocenters. The molecule has 1 heterocycles. The lowest BCUT2D eigenvalue weighted by molar-refractivity contribution is 0.717. The van der Waals surface area contributed by atoms with E-state index >= 15 is 0 Å². The van der Waals surface area contributed by atoms with Crippen LogP contribution in [-0.2, 0) is 0 Å². The van der Waals surface area contributed by atoms with Crippen molar-refractivity contribution in [3.05, 3.63) is 0 Å². The van der Waals surface area contributed by atoms with Crippen LogP contribution in [0.5, 0.6) is 0 Å². The lowest BCUT2D eigenvalue weighted by Gasteiger charge is -1.98. The number of nitrogen functional groups attached to an aromatic ring is 1. The molecule has 0 spiro atoms. The number of aromatic nitrogens is 4. The molecule has 1 aromatic heterocycles. The molecule has 0 saturated heterocycles. The maximum Gasteiger partial charge on any atom is 0.260 e. The van der Waals surface area contributed by atoms with Crippen molar-refractivity contribution in [2.45, 2.75) is 0 Å². The monoisotopic (exact) mass is 138 g/mol. The van der Waals surface area contributed by atoms with E-state index in [9.17, 15) is 0 Å². The topological polar surface area (TPSA) is 81.7 Å². The van der Waals surface area contributed by atoms with Gasteiger partial charge in [-0.15, -0.1) is 11.2 Å². The quantitative estimate of drug-likeness (QED) is 0.482. The van der Waals surface area contributed by atoms with Crippen LogP contribution in [0, 0.1) is 12.3 Å². The van der Waals surface area contributed by atoms with E-state index in [1.165, 1.54) is 4.79 Å². The Labute approximate surface area is 57.4 Å². The number of nitrogens with zero attached hydrogens (tertiary/aromatic N) is 4. The number of hydrogen-bond donors (Lipinski definition) is 2. The molecule has 6 nitrogen and oxygen atoms in total. The summed E-state index contributed by atoms with van der Waals surface area (Å²) >= 11 is 0. The molecule has 0 radical (unpaired) electrons. The van der Waals surface area contributed by atoms with Gasteiger partial charge in [-0.3, -0.25) is 5.43 Å². The third kappa shape index (κ3) is 1.14. The SMILES string of the molecule is C#CCNn1nnnc1N. The molecule has 52 valence electrons. The van der Waals surface area contributed by atoms with Crippen molar-refractivity contribution >= 4 is 5.95 Å². The van der Waals surface area contributed by atoms with Crippen LogP contribution in [0.1, 0.15) is 0 Å². The second-order valence-corrected chi connectivity index (χ2v) is 1.49. The average Bonchev–Trinajstić information content (AvgIpc) is 2.31. The summed E-state index contributed by atoms with van der Waals surface area (Å²) in [7, 11) is 0. The molecule has 1 aromatic rings. The summed E-state index contributed by atoms with van der Waals surface area (Å²) in [5.41, 5.74) is 7.94. The van der Waals surface area contributed by atoms with Gasteiger partial charge in [0, 0.05) is 0 Å². The first-order chi connectivity index (χ1) is 4.84. The van der Waals surface area contributed by atoms with Crippen LogP contribution in [0.15, 0.2) is 0 Å². The largest absolute Gasteiger partial charge is 0.365 e. The molecule has 0 fully saturated rings. The normalized spacial score (nSPS) is 8.70. The van der Waals surface area contributed by atoms with Crippen molar-refractivity contribution < 1.29 is 0 Å². The number of anilines is 1. The predicted molar refractivity (Wildman–Crippen MR) is 35.3 cm³/mol. The Morgan fingerprint density at radius 3 is 3.10 bits per heavy atom. The van der Waals surface area contributed by atoms with E-state index in [-0.39, 0.29) is 5.95 Å². The van der Waals surface area contributed by atoms with Crippen LogP contribution in [0.3, 0.4) is 0 Å². The minimum Gasteiger partial charge on any atom is -0.365 e. The summed E-state index contributed by atoms with van der Waals surface area (Å²) in [4.78, 5) is 1.21. The van der Waals surface area contributed by atoms with Gasteiger partial charge in [0.2, 0.25) is 0 Å². The van der Waals surface area contributed by atoms with Crippen LogP contribution in [-0.4, -0.2) is 26.9 Å². The van der Waals surface area contributed by atoms with E-state index in [1.54, 1.807) is 0 Å². The Kier molecular flexibility index (Phi) is 1.70. The summed E-state index contributed by atoms with van der Waals surface area (Å²) in [6.07, 6.45) is 4.96. The zero-order valence-electron chi connectivity index (χ0n) is 5.15. The van der Waals surface area contributed by atoms with Crippen LogP contribution in [0.4, 0.5) is 5.95 Å². The number of nitrogens with two attached hydrogens (primary N) is 1. The molecule has 0 amide bonds. The molecule has 3 N–H and O–H groups in total. The summed E-state index contributed by atoms with van der Waals surface area (Å²) < 4.78 is 0. The second-order valence-electron chi connectivity index (χ2n) is 1.49. The Morgan fingerprint density at radius 1 is 1.80 bits per heavy atom. The fourth-order valence-electron chi connectivity index (χ4n) is 0.427. The minimum atomic E-state index is 0.190. The van der Waals surface area contributed by atoms with Crippen LogP contribution >= 0.6 is 0 Å². The Hall–Kier alpha value is -1.77. The van der Waals surface area contributed by atoms with Gasteiger partial charge in [-0.05, 0) is 10.4 Å². The zero-order valence-corrected chi connectivity index (χ0v) is 5.15. The summed E-state index contributed by atoms with van der Waals surface area (Å²) in [6.45, 7) is 0.342. The molecule has 1 rings (SSSR count). The van der Waals surface area contributed by atoms with Crippen LogP contribution in [0.25, 0.3) is 0 Å². The van der Waals surface area contributed by atoms with Gasteiger partial charge >= 0.3 is 0 Å². The number of nitrogens with one attached hydrogen (secondary N) is 1. The van der Waals surface area contributed by atoms with Crippen LogP contribution < -0.4 is 11.2 Å². The molecule has 0 atom stereocenters. The molecule has 0 aliphatic rings. The molecule has 0 saturated carbocycles. The van der Waals surface area contributed by atoms with E-state index in [0.717, 1.165) is 0 Å². The van der Waals surface area contributed by atoms with Crippen molar-refractivity contribution in [2.75, 3.05) is 17.7 Å². The average molecular weight is 138 g/mol. The van der Waals surface area contributed by atoms with E-state index in [4.69, 9.17) is 12.2 Å². The zero-order chi connectivity index (χ0) is 7.40. The van der Waals surface area contributed by atoms with Gasteiger partial charge in [0.15, 0.2) is 0 Å². The van der Waals surface area contributed by atoms with Gasteiger partial charge in [0.1, 0.15) is 0 Å². The number of tetrazole rings is 1. The van der Waals surface area contributed by atoms with Crippen molar-refractivity contribution in [3.8, 4) is 12.3 Å². The fraction of sp³-hybridized carbons (Fsp3) is 0.250. The first kappa shape index (κ1) is 6.35. The van der Waals surface area contributed by atoms with Crippen molar-refractivity contribution in [2.24, 2.45) is 0 Å². The van der Waals surface area contributed by atoms with Crippen LogP contribution in [0.2, 0.25) is 0 Å². The smallest absolute Gasteiger partial charge is 0.260 e. The standard InChI is InChI=1S/C4H6N6/c1-2-3-6-10-4(5)7-8-9-10/h1,6H,3H2,(H2,5,7,9). The van der Waals surface area contributed by atoms with Gasteiger partial charge in [-0.2, -0.15) is 0 Å². The van der Waals surface area contributed by atoms with E-state index in [1.807, 2.05) is 0 Å². The van der Waals surface area contributed by atoms with E-state index < -0.39 is 0 Å². The molecular formula is C4H6N6. The number of rotatable bonds is 2. The fourth-order valence-corrected chi connectivity index (χ4v) is 0.427. The van der Waals surface area contributed by atoms with E-state index in [0.29, 0.717) is 6.54 Å². The molecule has 0 aliphatic carbocycles. The van der Waals surface area contributed by atoms with Gasteiger partial charge in [-0.1, -0.05) is 11.0 Å². The molecule has 0 bridgehead atoms. The first-order valence-corrected chi connectivity index (χ1v) is 2.56. The molecule has 10 heavy (non-hydrogen) atoms. The number of hydrogen-bond acceptors (Lipinski definition) is 5. The summed E-state index contributed by atoms with van der Waals surface area (Å²) in [6, 6.07) is 0. The Bertz CT molecular complexity index is 244. The third-order valence-electron chi connectivity index (χ3n) is 0.825. The molecular weight excluding hydrogens is 132 g/mol. The summed E-state index contributed by atoms with van der Waals surface area (Å²) in [5.74, 6) is 2.54. The predicted octanol–water partition coefficient (Wildman–Crippen LogP) is -1.57. The molecule has 6 heteroatoms. The first-order valence-electron chi connectivity index (χ1n) is 2.56. The highest BCUT2D eigenvalue weighted by Crippen LogP contribution is 1.84. The second kappa shape index (κ2) is 2.68. The lowest BCUT2D eigenvalue weighted by Crippen LogP contribution is -2.18. The van der Waals surface area contributed by atoms with E-state index in [2.05, 4.69) is 26.9 Å². The third-order valence-corrected chi connectivity index (χ3v) is 0.825. The Morgan fingerprint density at radius 2 is 2.60 bits per heavy atom. The molecule has 0 aromatic carbocycles. The van der Waals surface area contributed by atoms with Gasteiger partial charge in [0.05, 0.1) is 6.54 Å². The lowest BCUT2D eigenvalue weighted by atomic mass is 10.7. The highest BCUT2D eigenvalue weighted by atomic mass is 15.7. The van der Waals surface area contributed by atoms with Crippen molar-refractivity contribution in [1.82, 2.24) is 20.3 Å². The molecule has 0 aliphatic heterocycles.